The van der Waals surface area contributed by atoms with Crippen LogP contribution in [0.3, 0.4) is 0 Å². The number of hydrogen-bond acceptors (Lipinski definition) is 5. The molecule has 0 saturated heterocycles. The standard InChI is InChI=1S/C25H24BrNO4/c1-15-22(25(29)31-14-16-7-4-3-5-8-16)23(17-11-12-21(30-2)18(26)13-17)24-19(27-15)9-6-10-20(24)28/h3-5,7-8,11-13,22-23H,6,9-10,14H2,1-2H3/t22?,23-/m1/s1. The quantitative estimate of drug-likeness (QED) is 0.537. The first kappa shape index (κ1) is 21.5. The van der Waals surface area contributed by atoms with E-state index in [-0.39, 0.29) is 18.4 Å². The van der Waals surface area contributed by atoms with Crippen molar-refractivity contribution < 1.29 is 19.1 Å². The maximum atomic E-state index is 13.3. The molecular weight excluding hydrogens is 458 g/mol. The number of ketones is 1. The molecule has 1 aliphatic carbocycles. The molecule has 1 heterocycles. The van der Waals surface area contributed by atoms with Crippen LogP contribution in [-0.4, -0.2) is 24.6 Å². The molecule has 2 atom stereocenters. The molecule has 5 nitrogen and oxygen atoms in total. The molecule has 0 aromatic heterocycles. The third-order valence-electron chi connectivity index (χ3n) is 5.85. The Labute approximate surface area is 190 Å². The second-order valence-corrected chi connectivity index (χ2v) is 8.69. The molecule has 1 unspecified atom stereocenters. The lowest BCUT2D eigenvalue weighted by molar-refractivity contribution is -0.148. The summed E-state index contributed by atoms with van der Waals surface area (Å²) in [5.41, 5.74) is 3.92. The summed E-state index contributed by atoms with van der Waals surface area (Å²) < 4.78 is 11.8. The Hall–Kier alpha value is -2.73. The highest BCUT2D eigenvalue weighted by Gasteiger charge is 2.43. The summed E-state index contributed by atoms with van der Waals surface area (Å²) in [4.78, 5) is 30.9. The minimum atomic E-state index is -0.648. The fourth-order valence-corrected chi connectivity index (χ4v) is 4.92. The van der Waals surface area contributed by atoms with Gasteiger partial charge in [0.25, 0.3) is 0 Å². The van der Waals surface area contributed by atoms with Gasteiger partial charge in [-0.05, 0) is 59.0 Å². The fourth-order valence-electron chi connectivity index (χ4n) is 4.37. The van der Waals surface area contributed by atoms with Crippen molar-refractivity contribution in [2.45, 2.75) is 38.7 Å². The van der Waals surface area contributed by atoms with Crippen LogP contribution in [0.25, 0.3) is 0 Å². The van der Waals surface area contributed by atoms with E-state index in [9.17, 15) is 9.59 Å². The maximum Gasteiger partial charge on any atom is 0.315 e. The van der Waals surface area contributed by atoms with Crippen molar-refractivity contribution in [3.05, 3.63) is 75.4 Å². The summed E-state index contributed by atoms with van der Waals surface area (Å²) in [6.45, 7) is 2.03. The van der Waals surface area contributed by atoms with E-state index in [1.807, 2.05) is 55.5 Å². The Bertz CT molecular complexity index is 1070. The third kappa shape index (κ3) is 4.35. The minimum Gasteiger partial charge on any atom is -0.496 e. The monoisotopic (exact) mass is 481 g/mol. The molecule has 31 heavy (non-hydrogen) atoms. The van der Waals surface area contributed by atoms with Crippen LogP contribution >= 0.6 is 15.9 Å². The second-order valence-electron chi connectivity index (χ2n) is 7.83. The summed E-state index contributed by atoms with van der Waals surface area (Å²) >= 11 is 3.54. The van der Waals surface area contributed by atoms with Gasteiger partial charge in [-0.1, -0.05) is 36.4 Å². The highest BCUT2D eigenvalue weighted by molar-refractivity contribution is 9.10. The molecule has 0 N–H and O–H groups in total. The zero-order valence-electron chi connectivity index (χ0n) is 17.6. The van der Waals surface area contributed by atoms with Crippen LogP contribution in [0.1, 0.15) is 43.2 Å². The van der Waals surface area contributed by atoms with Crippen LogP contribution in [0.2, 0.25) is 0 Å². The van der Waals surface area contributed by atoms with Crippen molar-refractivity contribution in [3.8, 4) is 5.75 Å². The molecule has 2 aromatic rings. The van der Waals surface area contributed by atoms with E-state index in [0.717, 1.165) is 34.1 Å². The van der Waals surface area contributed by atoms with Crippen LogP contribution in [-0.2, 0) is 20.9 Å². The van der Waals surface area contributed by atoms with Crippen molar-refractivity contribution in [3.63, 3.8) is 0 Å². The predicted molar refractivity (Wildman–Crippen MR) is 122 cm³/mol. The summed E-state index contributed by atoms with van der Waals surface area (Å²) in [5.74, 6) is -0.685. The molecule has 0 fully saturated rings. The number of hydrogen-bond donors (Lipinski definition) is 0. The lowest BCUT2D eigenvalue weighted by Crippen LogP contribution is -2.37. The molecule has 0 radical (unpaired) electrons. The Kier molecular flexibility index (Phi) is 6.37. The fraction of sp³-hybridized carbons (Fsp3) is 0.320. The van der Waals surface area contributed by atoms with E-state index >= 15 is 0 Å². The van der Waals surface area contributed by atoms with Crippen molar-refractivity contribution in [2.75, 3.05) is 7.11 Å². The summed E-state index contributed by atoms with van der Waals surface area (Å²) in [5, 5.41) is 0. The molecule has 1 aliphatic heterocycles. The highest BCUT2D eigenvalue weighted by Crippen LogP contribution is 2.45. The Morgan fingerprint density at radius 2 is 1.94 bits per heavy atom. The molecule has 6 heteroatoms. The van der Waals surface area contributed by atoms with E-state index in [0.29, 0.717) is 23.5 Å². The number of ether oxygens (including phenoxy) is 2. The molecule has 160 valence electrons. The first-order chi connectivity index (χ1) is 15.0. The van der Waals surface area contributed by atoms with Crippen LogP contribution < -0.4 is 4.74 Å². The smallest absolute Gasteiger partial charge is 0.315 e. The van der Waals surface area contributed by atoms with Gasteiger partial charge in [0.05, 0.1) is 11.6 Å². The van der Waals surface area contributed by atoms with Crippen molar-refractivity contribution >= 4 is 33.4 Å². The normalized spacial score (nSPS) is 20.7. The van der Waals surface area contributed by atoms with Crippen LogP contribution in [0.15, 0.2) is 69.3 Å². The van der Waals surface area contributed by atoms with E-state index in [4.69, 9.17) is 9.47 Å². The number of carbonyl (C=O) groups is 2. The van der Waals surface area contributed by atoms with E-state index in [1.54, 1.807) is 7.11 Å². The summed E-state index contributed by atoms with van der Waals surface area (Å²) in [7, 11) is 1.60. The van der Waals surface area contributed by atoms with Gasteiger partial charge in [-0.25, -0.2) is 0 Å². The van der Waals surface area contributed by atoms with Crippen molar-refractivity contribution in [1.82, 2.24) is 0 Å². The number of nitrogens with zero attached hydrogens (tertiary/aromatic N) is 1. The summed E-state index contributed by atoms with van der Waals surface area (Å²) in [6.07, 6.45) is 2.02. The number of Topliss-reactive ketones (excluding diaryl/α,β-unsaturated/α-hetero) is 1. The molecule has 2 aliphatic rings. The largest absolute Gasteiger partial charge is 0.496 e. The Balaban J connectivity index is 1.72. The van der Waals surface area contributed by atoms with Crippen LogP contribution in [0.5, 0.6) is 5.75 Å². The van der Waals surface area contributed by atoms with E-state index < -0.39 is 11.8 Å². The molecule has 0 bridgehead atoms. The van der Waals surface area contributed by atoms with Gasteiger partial charge in [-0.2, -0.15) is 0 Å². The maximum absolute atomic E-state index is 13.3. The van der Waals surface area contributed by atoms with Crippen molar-refractivity contribution in [1.29, 1.82) is 0 Å². The molecule has 0 spiro atoms. The number of allylic oxidation sites excluding steroid dienone is 2. The molecule has 4 rings (SSSR count). The Morgan fingerprint density at radius 1 is 1.16 bits per heavy atom. The first-order valence-electron chi connectivity index (χ1n) is 10.3. The number of aliphatic imine (C=N–C) groups is 1. The van der Waals surface area contributed by atoms with Gasteiger partial charge >= 0.3 is 5.97 Å². The number of benzene rings is 2. The average Bonchev–Trinajstić information content (AvgIpc) is 2.77. The van der Waals surface area contributed by atoms with Crippen LogP contribution in [0.4, 0.5) is 0 Å². The lowest BCUT2D eigenvalue weighted by atomic mass is 9.72. The van der Waals surface area contributed by atoms with Gasteiger partial charge < -0.3 is 9.47 Å². The zero-order valence-corrected chi connectivity index (χ0v) is 19.1. The van der Waals surface area contributed by atoms with E-state index in [1.165, 1.54) is 0 Å². The minimum absolute atomic E-state index is 0.0651. The number of carbonyl (C=O) groups excluding carboxylic acids is 2. The number of halogens is 1. The zero-order chi connectivity index (χ0) is 22.0. The first-order valence-corrected chi connectivity index (χ1v) is 11.1. The highest BCUT2D eigenvalue weighted by atomic mass is 79.9. The van der Waals surface area contributed by atoms with Gasteiger partial charge in [0.2, 0.25) is 0 Å². The molecule has 0 amide bonds. The molecule has 2 aromatic carbocycles. The van der Waals surface area contributed by atoms with E-state index in [2.05, 4.69) is 20.9 Å². The molecular formula is C25H24BrNO4. The van der Waals surface area contributed by atoms with Crippen LogP contribution in [0, 0.1) is 5.92 Å². The summed E-state index contributed by atoms with van der Waals surface area (Å²) in [6, 6.07) is 15.3. The van der Waals surface area contributed by atoms with Gasteiger partial charge in [0.1, 0.15) is 18.3 Å². The SMILES string of the molecule is COc1ccc([C@H]2C3=C(CCCC3=O)N=C(C)C2C(=O)OCc2ccccc2)cc1Br. The topological polar surface area (TPSA) is 65.0 Å². The van der Waals surface area contributed by atoms with Gasteiger partial charge in [0.15, 0.2) is 5.78 Å². The molecule has 0 saturated carbocycles. The Morgan fingerprint density at radius 3 is 2.65 bits per heavy atom. The average molecular weight is 482 g/mol. The predicted octanol–water partition coefficient (Wildman–Crippen LogP) is 5.38. The number of rotatable bonds is 5. The second kappa shape index (κ2) is 9.18. The number of methoxy groups -OCH3 is 1. The lowest BCUT2D eigenvalue weighted by Gasteiger charge is -2.34. The van der Waals surface area contributed by atoms with Gasteiger partial charge in [-0.3, -0.25) is 14.6 Å². The third-order valence-corrected chi connectivity index (χ3v) is 6.47. The van der Waals surface area contributed by atoms with Crippen molar-refractivity contribution in [2.24, 2.45) is 10.9 Å². The number of esters is 1. The van der Waals surface area contributed by atoms with Gasteiger partial charge in [0, 0.05) is 29.3 Å². The van der Waals surface area contributed by atoms with Gasteiger partial charge in [-0.15, -0.1) is 0 Å².